The molecule has 2 aliphatic rings. The van der Waals surface area contributed by atoms with E-state index in [-0.39, 0.29) is 12.0 Å². The first-order chi connectivity index (χ1) is 10.8. The minimum Gasteiger partial charge on any atom is -0.385 e. The first kappa shape index (κ1) is 18.9. The van der Waals surface area contributed by atoms with E-state index in [1.807, 2.05) is 0 Å². The lowest BCUT2D eigenvalue weighted by Crippen LogP contribution is -2.43. The van der Waals surface area contributed by atoms with Crippen molar-refractivity contribution in [1.29, 1.82) is 0 Å². The summed E-state index contributed by atoms with van der Waals surface area (Å²) in [6.45, 7) is 1.12. The van der Waals surface area contributed by atoms with Crippen LogP contribution >= 0.6 is 0 Å². The number of carbonyl (C=O) groups excluding carboxylic acids is 1. The zero-order valence-electron chi connectivity index (χ0n) is 15.3. The largest absolute Gasteiger partial charge is 0.385 e. The van der Waals surface area contributed by atoms with Gasteiger partial charge in [0.15, 0.2) is 0 Å². The Morgan fingerprint density at radius 3 is 2.13 bits per heavy atom. The van der Waals surface area contributed by atoms with Crippen LogP contribution in [-0.4, -0.2) is 61.9 Å². The zero-order valence-corrected chi connectivity index (χ0v) is 15.3. The molecule has 0 aromatic rings. The summed E-state index contributed by atoms with van der Waals surface area (Å²) in [6.07, 6.45) is 9.73. The van der Waals surface area contributed by atoms with Gasteiger partial charge in [-0.2, -0.15) is 0 Å². The highest BCUT2D eigenvalue weighted by atomic mass is 16.5. The molecule has 2 aliphatic carbocycles. The third-order valence-electron chi connectivity index (χ3n) is 5.37. The van der Waals surface area contributed by atoms with Crippen molar-refractivity contribution in [3.63, 3.8) is 0 Å². The van der Waals surface area contributed by atoms with Crippen molar-refractivity contribution in [2.75, 3.05) is 34.3 Å². The first-order valence-electron chi connectivity index (χ1n) is 9.49. The average molecular weight is 327 g/mol. The lowest BCUT2D eigenvalue weighted by atomic mass is 9.76. The van der Waals surface area contributed by atoms with E-state index in [0.717, 1.165) is 43.0 Å². The molecule has 0 radical (unpaired) electrons. The molecule has 0 aromatic heterocycles. The molecule has 4 nitrogen and oxygen atoms in total. The van der Waals surface area contributed by atoms with Crippen LogP contribution in [0.1, 0.15) is 57.8 Å². The molecule has 0 spiro atoms. The van der Waals surface area contributed by atoms with Gasteiger partial charge in [-0.15, -0.1) is 0 Å². The number of hydrogen-bond donors (Lipinski definition) is 1. The highest BCUT2D eigenvalue weighted by molar-refractivity contribution is 5.83. The van der Waals surface area contributed by atoms with Gasteiger partial charge in [-0.05, 0) is 38.5 Å². The van der Waals surface area contributed by atoms with Gasteiger partial charge in [0.1, 0.15) is 18.4 Å². The van der Waals surface area contributed by atoms with Crippen LogP contribution in [0.5, 0.6) is 0 Å². The molecule has 1 atom stereocenters. The Labute approximate surface area is 141 Å². The number of rotatable bonds is 7. The van der Waals surface area contributed by atoms with Gasteiger partial charge in [0.05, 0.1) is 33.9 Å². The van der Waals surface area contributed by atoms with Gasteiger partial charge in [0.2, 0.25) is 0 Å². The normalized spacial score (nSPS) is 28.5. The van der Waals surface area contributed by atoms with Crippen molar-refractivity contribution in [1.82, 2.24) is 0 Å². The van der Waals surface area contributed by atoms with Crippen molar-refractivity contribution in [3.05, 3.63) is 0 Å². The van der Waals surface area contributed by atoms with Crippen molar-refractivity contribution in [3.8, 4) is 0 Å². The van der Waals surface area contributed by atoms with E-state index in [2.05, 4.69) is 21.1 Å². The summed E-state index contributed by atoms with van der Waals surface area (Å²) in [7, 11) is 6.22. The van der Waals surface area contributed by atoms with Crippen LogP contribution in [-0.2, 0) is 9.53 Å². The Kier molecular flexibility index (Phi) is 7.05. The van der Waals surface area contributed by atoms with Crippen LogP contribution < -0.4 is 0 Å². The summed E-state index contributed by atoms with van der Waals surface area (Å²) in [4.78, 5) is 12.6. The number of nitrogens with zero attached hydrogens (tertiary/aromatic N) is 1. The third-order valence-corrected chi connectivity index (χ3v) is 5.37. The van der Waals surface area contributed by atoms with Crippen LogP contribution in [0.15, 0.2) is 0 Å². The Morgan fingerprint density at radius 2 is 1.57 bits per heavy atom. The maximum atomic E-state index is 12.6. The average Bonchev–Trinajstić information content (AvgIpc) is 2.52. The van der Waals surface area contributed by atoms with Gasteiger partial charge >= 0.3 is 0 Å². The quantitative estimate of drug-likeness (QED) is 0.732. The Balaban J connectivity index is 1.66. The van der Waals surface area contributed by atoms with Crippen molar-refractivity contribution in [2.24, 2.45) is 11.8 Å². The number of hydrogen-bond acceptors (Lipinski definition) is 3. The fourth-order valence-electron chi connectivity index (χ4n) is 4.17. The smallest absolute Gasteiger partial charge is 0.139 e. The lowest BCUT2D eigenvalue weighted by molar-refractivity contribution is -0.873. The molecule has 0 aliphatic heterocycles. The Bertz CT molecular complexity index is 363. The number of ketones is 1. The molecule has 0 heterocycles. The summed E-state index contributed by atoms with van der Waals surface area (Å²) >= 11 is 0. The number of carbonyl (C=O) groups is 1. The highest BCUT2D eigenvalue weighted by Gasteiger charge is 2.32. The third kappa shape index (κ3) is 6.52. The summed E-state index contributed by atoms with van der Waals surface area (Å²) in [6, 6.07) is 0. The van der Waals surface area contributed by atoms with Crippen molar-refractivity contribution < 1.29 is 19.1 Å². The monoisotopic (exact) mass is 326 g/mol. The molecule has 2 fully saturated rings. The minimum atomic E-state index is -0.406. The molecule has 0 bridgehead atoms. The number of aliphatic hydroxyl groups excluding tert-OH is 1. The van der Waals surface area contributed by atoms with Crippen LogP contribution in [0.4, 0.5) is 0 Å². The summed E-state index contributed by atoms with van der Waals surface area (Å²) in [5, 5.41) is 10.0. The van der Waals surface area contributed by atoms with Gasteiger partial charge in [-0.25, -0.2) is 0 Å². The zero-order chi connectivity index (χ0) is 16.9. The second kappa shape index (κ2) is 8.59. The Hall–Kier alpha value is -0.450. The highest BCUT2D eigenvalue weighted by Crippen LogP contribution is 2.33. The van der Waals surface area contributed by atoms with E-state index in [1.165, 1.54) is 19.3 Å². The predicted octanol–water partition coefficient (Wildman–Crippen LogP) is 2.78. The predicted molar refractivity (Wildman–Crippen MR) is 92.2 cm³/mol. The number of quaternary nitrogens is 1. The number of aliphatic hydroxyl groups is 1. The lowest BCUT2D eigenvalue weighted by Gasteiger charge is -2.32. The van der Waals surface area contributed by atoms with E-state index in [4.69, 9.17) is 4.74 Å². The van der Waals surface area contributed by atoms with Crippen LogP contribution in [0.2, 0.25) is 0 Å². The Morgan fingerprint density at radius 1 is 1.00 bits per heavy atom. The van der Waals surface area contributed by atoms with Crippen molar-refractivity contribution in [2.45, 2.75) is 70.0 Å². The molecule has 134 valence electrons. The van der Waals surface area contributed by atoms with Crippen molar-refractivity contribution >= 4 is 5.78 Å². The van der Waals surface area contributed by atoms with E-state index in [9.17, 15) is 9.90 Å². The van der Waals surface area contributed by atoms with Gasteiger partial charge in [-0.1, -0.05) is 19.3 Å². The fourth-order valence-corrected chi connectivity index (χ4v) is 4.17. The minimum absolute atomic E-state index is 0.229. The molecule has 0 aromatic carbocycles. The van der Waals surface area contributed by atoms with Gasteiger partial charge < -0.3 is 14.3 Å². The van der Waals surface area contributed by atoms with E-state index < -0.39 is 6.10 Å². The number of ether oxygens (including phenoxy) is 1. The number of Topliss-reactive ketones (excluding diaryl/α,β-unsaturated/α-hetero) is 1. The first-order valence-corrected chi connectivity index (χ1v) is 9.49. The molecule has 1 unspecified atom stereocenters. The van der Waals surface area contributed by atoms with Crippen LogP contribution in [0.3, 0.4) is 0 Å². The molecule has 0 saturated heterocycles. The standard InChI is InChI=1S/C19H36NO3/c1-20(2,3)13-17(21)14-23-18-11-9-16(10-12-18)19(22)15-7-5-4-6-8-15/h15-18,21H,4-14H2,1-3H3/q+1. The topological polar surface area (TPSA) is 46.5 Å². The van der Waals surface area contributed by atoms with Gasteiger partial charge in [-0.3, -0.25) is 4.79 Å². The van der Waals surface area contributed by atoms with Gasteiger partial charge in [0, 0.05) is 11.8 Å². The molecule has 0 amide bonds. The molecule has 2 saturated carbocycles. The van der Waals surface area contributed by atoms with E-state index in [1.54, 1.807) is 0 Å². The summed E-state index contributed by atoms with van der Waals surface area (Å²) in [5.41, 5.74) is 0. The van der Waals surface area contributed by atoms with E-state index >= 15 is 0 Å². The molecular formula is C19H36NO3+. The molecule has 23 heavy (non-hydrogen) atoms. The van der Waals surface area contributed by atoms with Crippen LogP contribution in [0, 0.1) is 11.8 Å². The molecular weight excluding hydrogens is 290 g/mol. The second-order valence-electron chi connectivity index (χ2n) is 8.67. The van der Waals surface area contributed by atoms with E-state index in [0.29, 0.717) is 24.9 Å². The fraction of sp³-hybridized carbons (Fsp3) is 0.947. The molecule has 1 N–H and O–H groups in total. The maximum absolute atomic E-state index is 12.6. The van der Waals surface area contributed by atoms with Crippen LogP contribution in [0.25, 0.3) is 0 Å². The molecule has 2 rings (SSSR count). The summed E-state index contributed by atoms with van der Waals surface area (Å²) < 4.78 is 6.64. The van der Waals surface area contributed by atoms with Gasteiger partial charge in [0.25, 0.3) is 0 Å². The number of likely N-dealkylation sites (N-methyl/N-ethyl adjacent to an activating group) is 1. The second-order valence-corrected chi connectivity index (χ2v) is 8.67. The maximum Gasteiger partial charge on any atom is 0.139 e. The molecule has 4 heteroatoms. The SMILES string of the molecule is C[N+](C)(C)CC(O)COC1CCC(C(=O)C2CCCCC2)CC1. The summed E-state index contributed by atoms with van der Waals surface area (Å²) in [5.74, 6) is 1.15.